The Morgan fingerprint density at radius 3 is 2.59 bits per heavy atom. The number of rotatable bonds is 2. The van der Waals surface area contributed by atoms with Gasteiger partial charge in [0.25, 0.3) is 0 Å². The van der Waals surface area contributed by atoms with Crippen molar-refractivity contribution in [2.75, 3.05) is 18.0 Å². The van der Waals surface area contributed by atoms with Gasteiger partial charge in [-0.25, -0.2) is 0 Å². The molecule has 0 amide bonds. The lowest BCUT2D eigenvalue weighted by molar-refractivity contribution is 0.726. The molecule has 0 saturated carbocycles. The molecule has 1 fully saturated rings. The van der Waals surface area contributed by atoms with Crippen molar-refractivity contribution in [2.24, 2.45) is 0 Å². The molecular weight excluding hydrogens is 318 g/mol. The Bertz CT molecular complexity index is 389. The first kappa shape index (κ1) is 13.6. The van der Waals surface area contributed by atoms with Crippen LogP contribution in [-0.2, 0) is 5.88 Å². The second-order valence-electron chi connectivity index (χ2n) is 4.57. The van der Waals surface area contributed by atoms with Crippen molar-refractivity contribution in [3.05, 3.63) is 28.2 Å². The van der Waals surface area contributed by atoms with Crippen LogP contribution in [0.2, 0.25) is 0 Å². The average Bonchev–Trinajstić information content (AvgIpc) is 2.27. The van der Waals surface area contributed by atoms with Gasteiger partial charge in [0.1, 0.15) is 0 Å². The molecule has 1 saturated heterocycles. The summed E-state index contributed by atoms with van der Waals surface area (Å²) in [6, 6.07) is 6.40. The fraction of sp³-hybridized carbons (Fsp3) is 0.538. The summed E-state index contributed by atoms with van der Waals surface area (Å²) in [6.07, 6.45) is 0. The maximum absolute atomic E-state index is 6.04. The summed E-state index contributed by atoms with van der Waals surface area (Å²) in [5, 5.41) is 1.37. The molecule has 0 spiro atoms. The molecule has 2 rings (SSSR count). The van der Waals surface area contributed by atoms with Gasteiger partial charge in [0.05, 0.1) is 0 Å². The second kappa shape index (κ2) is 5.85. The van der Waals surface area contributed by atoms with Crippen LogP contribution in [0, 0.1) is 0 Å². The van der Waals surface area contributed by atoms with E-state index in [1.807, 2.05) is 0 Å². The van der Waals surface area contributed by atoms with E-state index in [1.54, 1.807) is 0 Å². The predicted molar refractivity (Wildman–Crippen MR) is 82.4 cm³/mol. The van der Waals surface area contributed by atoms with Crippen molar-refractivity contribution in [3.63, 3.8) is 0 Å². The monoisotopic (exact) mass is 333 g/mol. The quantitative estimate of drug-likeness (QED) is 0.732. The number of alkyl halides is 1. The molecule has 4 heteroatoms. The Morgan fingerprint density at radius 1 is 1.35 bits per heavy atom. The summed E-state index contributed by atoms with van der Waals surface area (Å²) in [4.78, 5) is 2.47. The highest BCUT2D eigenvalue weighted by Crippen LogP contribution is 2.32. The first-order valence-electron chi connectivity index (χ1n) is 5.85. The molecule has 1 aromatic carbocycles. The molecule has 1 nitrogen and oxygen atoms in total. The van der Waals surface area contributed by atoms with Crippen molar-refractivity contribution in [1.29, 1.82) is 0 Å². The van der Waals surface area contributed by atoms with Gasteiger partial charge in [0.15, 0.2) is 0 Å². The van der Waals surface area contributed by atoms with Crippen molar-refractivity contribution in [1.82, 2.24) is 0 Å². The fourth-order valence-electron chi connectivity index (χ4n) is 2.34. The van der Waals surface area contributed by atoms with Crippen LogP contribution in [0.15, 0.2) is 22.7 Å². The number of thioether (sulfide) groups is 1. The van der Waals surface area contributed by atoms with Crippen LogP contribution < -0.4 is 4.90 Å². The number of hydrogen-bond acceptors (Lipinski definition) is 2. The molecule has 17 heavy (non-hydrogen) atoms. The third-order valence-electron chi connectivity index (χ3n) is 2.95. The van der Waals surface area contributed by atoms with E-state index < -0.39 is 0 Å². The van der Waals surface area contributed by atoms with Crippen LogP contribution in [-0.4, -0.2) is 23.6 Å². The second-order valence-corrected chi connectivity index (χ2v) is 7.63. The number of hydrogen-bond donors (Lipinski definition) is 0. The van der Waals surface area contributed by atoms with Gasteiger partial charge in [-0.15, -0.1) is 11.6 Å². The Balaban J connectivity index is 2.26. The number of anilines is 1. The molecular formula is C13H17BrClNS. The van der Waals surface area contributed by atoms with Gasteiger partial charge in [-0.3, -0.25) is 0 Å². The molecule has 2 atom stereocenters. The van der Waals surface area contributed by atoms with Crippen molar-refractivity contribution >= 4 is 45.0 Å². The summed E-state index contributed by atoms with van der Waals surface area (Å²) >= 11 is 11.6. The van der Waals surface area contributed by atoms with E-state index in [0.29, 0.717) is 16.4 Å². The van der Waals surface area contributed by atoms with E-state index >= 15 is 0 Å². The third kappa shape index (κ3) is 3.33. The normalized spacial score (nSPS) is 25.1. The van der Waals surface area contributed by atoms with E-state index in [0.717, 1.165) is 17.6 Å². The molecule has 1 heterocycles. The average molecular weight is 335 g/mol. The van der Waals surface area contributed by atoms with E-state index in [1.165, 1.54) is 11.3 Å². The van der Waals surface area contributed by atoms with Crippen LogP contribution >= 0.6 is 39.3 Å². The lowest BCUT2D eigenvalue weighted by Gasteiger charge is -2.37. The zero-order chi connectivity index (χ0) is 12.4. The molecule has 1 aliphatic rings. The molecule has 0 N–H and O–H groups in total. The summed E-state index contributed by atoms with van der Waals surface area (Å²) in [7, 11) is 0. The summed E-state index contributed by atoms with van der Waals surface area (Å²) < 4.78 is 1.10. The van der Waals surface area contributed by atoms with E-state index in [9.17, 15) is 0 Å². The van der Waals surface area contributed by atoms with Gasteiger partial charge in [-0.2, -0.15) is 11.8 Å². The Morgan fingerprint density at radius 2 is 2.00 bits per heavy atom. The summed E-state index contributed by atoms with van der Waals surface area (Å²) in [6.45, 7) is 6.82. The standard InChI is InChI=1S/C13H17BrClNS/c1-9-7-16(8-10(2)17-9)13-4-3-12(14)5-11(13)6-15/h3-5,9-10H,6-8H2,1-2H3. The van der Waals surface area contributed by atoms with Gasteiger partial charge in [-0.05, 0) is 23.8 Å². The lowest BCUT2D eigenvalue weighted by atomic mass is 10.1. The highest BCUT2D eigenvalue weighted by Gasteiger charge is 2.23. The first-order chi connectivity index (χ1) is 8.10. The van der Waals surface area contributed by atoms with Gasteiger partial charge >= 0.3 is 0 Å². The van der Waals surface area contributed by atoms with Crippen LogP contribution in [0.25, 0.3) is 0 Å². The molecule has 0 radical (unpaired) electrons. The van der Waals surface area contributed by atoms with Gasteiger partial charge < -0.3 is 4.90 Å². The number of halogens is 2. The first-order valence-corrected chi connectivity index (χ1v) is 8.12. The van der Waals surface area contributed by atoms with Crippen molar-refractivity contribution in [2.45, 2.75) is 30.2 Å². The van der Waals surface area contributed by atoms with E-state index in [4.69, 9.17) is 11.6 Å². The Hall–Kier alpha value is 0.140. The molecule has 0 aliphatic carbocycles. The SMILES string of the molecule is CC1CN(c2ccc(Br)cc2CCl)CC(C)S1. The Labute approximate surface area is 121 Å². The predicted octanol–water partition coefficient (Wildman–Crippen LogP) is 4.52. The maximum atomic E-state index is 6.04. The maximum Gasteiger partial charge on any atom is 0.0494 e. The van der Waals surface area contributed by atoms with Crippen molar-refractivity contribution < 1.29 is 0 Å². The van der Waals surface area contributed by atoms with E-state index in [-0.39, 0.29) is 0 Å². The Kier molecular flexibility index (Phi) is 4.67. The van der Waals surface area contributed by atoms with Gasteiger partial charge in [-0.1, -0.05) is 29.8 Å². The fourth-order valence-corrected chi connectivity index (χ4v) is 4.29. The molecule has 94 valence electrons. The number of benzene rings is 1. The van der Waals surface area contributed by atoms with Gasteiger partial charge in [0.2, 0.25) is 0 Å². The molecule has 0 aromatic heterocycles. The zero-order valence-electron chi connectivity index (χ0n) is 10.1. The minimum Gasteiger partial charge on any atom is -0.369 e. The minimum absolute atomic E-state index is 0.571. The number of nitrogens with zero attached hydrogens (tertiary/aromatic N) is 1. The topological polar surface area (TPSA) is 3.24 Å². The third-order valence-corrected chi connectivity index (χ3v) is 4.95. The largest absolute Gasteiger partial charge is 0.369 e. The molecule has 2 unspecified atom stereocenters. The molecule has 1 aliphatic heterocycles. The highest BCUT2D eigenvalue weighted by atomic mass is 79.9. The molecule has 1 aromatic rings. The lowest BCUT2D eigenvalue weighted by Crippen LogP contribution is -2.40. The summed E-state index contributed by atoms with van der Waals surface area (Å²) in [5.74, 6) is 0.571. The van der Waals surface area contributed by atoms with Gasteiger partial charge in [0, 0.05) is 39.6 Å². The molecule has 0 bridgehead atoms. The van der Waals surface area contributed by atoms with Crippen LogP contribution in [0.3, 0.4) is 0 Å². The minimum atomic E-state index is 0.571. The van der Waals surface area contributed by atoms with Crippen molar-refractivity contribution in [3.8, 4) is 0 Å². The van der Waals surface area contributed by atoms with E-state index in [2.05, 4.69) is 64.6 Å². The summed E-state index contributed by atoms with van der Waals surface area (Å²) in [5.41, 5.74) is 2.51. The van der Waals surface area contributed by atoms with Crippen LogP contribution in [0.1, 0.15) is 19.4 Å². The van der Waals surface area contributed by atoms with Crippen LogP contribution in [0.5, 0.6) is 0 Å². The van der Waals surface area contributed by atoms with Crippen LogP contribution in [0.4, 0.5) is 5.69 Å². The highest BCUT2D eigenvalue weighted by molar-refractivity contribution is 9.10. The smallest absolute Gasteiger partial charge is 0.0494 e. The zero-order valence-corrected chi connectivity index (χ0v) is 13.3.